The van der Waals surface area contributed by atoms with Gasteiger partial charge in [0.15, 0.2) is 12.1 Å². The van der Waals surface area contributed by atoms with E-state index in [1.54, 1.807) is 42.5 Å². The summed E-state index contributed by atoms with van der Waals surface area (Å²) in [5, 5.41) is 33.1. The highest BCUT2D eigenvalue weighted by Gasteiger charge is 2.31. The maximum atomic E-state index is 13.7. The molecule has 0 aliphatic heterocycles. The highest BCUT2D eigenvalue weighted by Crippen LogP contribution is 2.49. The molecule has 0 saturated carbocycles. The largest absolute Gasteiger partial charge is 0.508 e. The molecule has 0 bridgehead atoms. The maximum absolute atomic E-state index is 13.7. The van der Waals surface area contributed by atoms with Crippen molar-refractivity contribution >= 4 is 18.4 Å². The lowest BCUT2D eigenvalue weighted by atomic mass is 10.2. The van der Waals surface area contributed by atoms with E-state index >= 15 is 0 Å². The number of rotatable bonds is 14. The molecule has 188 valence electrons. The van der Waals surface area contributed by atoms with E-state index in [2.05, 4.69) is 5.32 Å². The topological polar surface area (TPSA) is 117 Å². The lowest BCUT2D eigenvalue weighted by Gasteiger charge is -2.21. The monoisotopic (exact) mass is 501 g/mol. The predicted octanol–water partition coefficient (Wildman–Crippen LogP) is 4.84. The first-order valence-corrected chi connectivity index (χ1v) is 13.3. The second kappa shape index (κ2) is 13.0. The third kappa shape index (κ3) is 7.39. The van der Waals surface area contributed by atoms with Crippen LogP contribution in [-0.2, 0) is 15.7 Å². The fourth-order valence-corrected chi connectivity index (χ4v) is 5.21. The van der Waals surface area contributed by atoms with Gasteiger partial charge in [-0.3, -0.25) is 4.57 Å². The smallest absolute Gasteiger partial charge is 0.272 e. The summed E-state index contributed by atoms with van der Waals surface area (Å²) < 4.78 is 30.9. The Labute approximate surface area is 205 Å². The van der Waals surface area contributed by atoms with Gasteiger partial charge >= 0.3 is 0 Å². The molecule has 35 heavy (non-hydrogen) atoms. The number of para-hydroxylation sites is 2. The van der Waals surface area contributed by atoms with Crippen LogP contribution >= 0.6 is 7.37 Å². The zero-order valence-corrected chi connectivity index (χ0v) is 20.6. The lowest BCUT2D eigenvalue weighted by Crippen LogP contribution is -2.16. The van der Waals surface area contributed by atoms with Crippen molar-refractivity contribution in [1.82, 2.24) is 0 Å². The molecule has 3 rings (SSSR count). The van der Waals surface area contributed by atoms with Crippen LogP contribution < -0.4 is 20.1 Å². The number of anilines is 1. The number of aliphatic hydroxyl groups is 1. The van der Waals surface area contributed by atoms with Gasteiger partial charge < -0.3 is 34.6 Å². The lowest BCUT2D eigenvalue weighted by molar-refractivity contribution is 0.272. The first-order chi connectivity index (χ1) is 17.0. The second-order valence-corrected chi connectivity index (χ2v) is 10.2. The van der Waals surface area contributed by atoms with E-state index in [0.717, 1.165) is 0 Å². The SMILES string of the molecule is CCCOP(=O)(COc1ccccc1)c1cccc(NCCCOc2ccc(O)c(CO)c2)c1O. The number of phenols is 2. The van der Waals surface area contributed by atoms with Gasteiger partial charge in [0.25, 0.3) is 7.37 Å². The number of nitrogens with one attached hydrogen (secondary N) is 1. The second-order valence-electron chi connectivity index (χ2n) is 7.84. The van der Waals surface area contributed by atoms with Crippen molar-refractivity contribution in [3.8, 4) is 23.0 Å². The van der Waals surface area contributed by atoms with E-state index < -0.39 is 7.37 Å². The van der Waals surface area contributed by atoms with Crippen molar-refractivity contribution in [2.45, 2.75) is 26.4 Å². The van der Waals surface area contributed by atoms with Crippen molar-refractivity contribution in [3.05, 3.63) is 72.3 Å². The first kappa shape index (κ1) is 26.4. The van der Waals surface area contributed by atoms with Crippen LogP contribution in [0.15, 0.2) is 66.7 Å². The fraction of sp³-hybridized carbons (Fsp3) is 0.308. The highest BCUT2D eigenvalue weighted by atomic mass is 31.2. The number of phenolic OH excluding ortho intramolecular Hbond substituents is 1. The zero-order valence-electron chi connectivity index (χ0n) is 19.7. The summed E-state index contributed by atoms with van der Waals surface area (Å²) in [5.74, 6) is 1.01. The Bertz CT molecular complexity index is 1120. The van der Waals surface area contributed by atoms with Crippen LogP contribution in [0.5, 0.6) is 23.0 Å². The standard InChI is InChI=1S/C26H32NO7P/c1-2-15-34-35(31,19-33-21-8-4-3-5-9-21)25-11-6-10-23(26(25)30)27-14-7-16-32-22-12-13-24(29)20(17-22)18-28/h3-6,8-13,17,27-30H,2,7,14-16,18-19H2,1H3. The average Bonchev–Trinajstić information content (AvgIpc) is 2.88. The number of ether oxygens (including phenoxy) is 2. The van der Waals surface area contributed by atoms with Crippen LogP contribution in [0.3, 0.4) is 0 Å². The molecule has 0 saturated heterocycles. The Balaban J connectivity index is 1.61. The molecule has 0 aliphatic carbocycles. The molecule has 0 aromatic heterocycles. The van der Waals surface area contributed by atoms with Gasteiger partial charge in [0.05, 0.1) is 30.8 Å². The first-order valence-electron chi connectivity index (χ1n) is 11.5. The quantitative estimate of drug-likeness (QED) is 0.141. The molecular formula is C26H32NO7P. The van der Waals surface area contributed by atoms with Gasteiger partial charge in [-0.2, -0.15) is 0 Å². The van der Waals surface area contributed by atoms with Crippen LogP contribution in [0.25, 0.3) is 0 Å². The average molecular weight is 502 g/mol. The van der Waals surface area contributed by atoms with Crippen LogP contribution in [0.2, 0.25) is 0 Å². The van der Waals surface area contributed by atoms with Crippen molar-refractivity contribution in [3.63, 3.8) is 0 Å². The molecule has 0 heterocycles. The Hall–Kier alpha value is -3.19. The molecule has 3 aromatic rings. The van der Waals surface area contributed by atoms with Gasteiger partial charge in [0, 0.05) is 12.1 Å². The van der Waals surface area contributed by atoms with Gasteiger partial charge in [-0.05, 0) is 55.3 Å². The Morgan fingerprint density at radius 1 is 0.914 bits per heavy atom. The molecule has 3 aromatic carbocycles. The van der Waals surface area contributed by atoms with E-state index in [1.165, 1.54) is 6.07 Å². The molecule has 9 heteroatoms. The number of hydrogen-bond acceptors (Lipinski definition) is 8. The molecule has 1 atom stereocenters. The van der Waals surface area contributed by atoms with Gasteiger partial charge in [-0.15, -0.1) is 0 Å². The van der Waals surface area contributed by atoms with Crippen LogP contribution in [0.1, 0.15) is 25.3 Å². The summed E-state index contributed by atoms with van der Waals surface area (Å²) in [4.78, 5) is 0. The van der Waals surface area contributed by atoms with E-state index in [4.69, 9.17) is 14.0 Å². The van der Waals surface area contributed by atoms with E-state index in [1.807, 2.05) is 25.1 Å². The normalized spacial score (nSPS) is 12.6. The molecule has 0 aliphatic rings. The fourth-order valence-electron chi connectivity index (χ4n) is 3.30. The molecule has 1 unspecified atom stereocenters. The zero-order chi connectivity index (χ0) is 25.1. The minimum Gasteiger partial charge on any atom is -0.508 e. The van der Waals surface area contributed by atoms with Crippen LogP contribution in [-0.4, -0.2) is 41.4 Å². The molecular weight excluding hydrogens is 469 g/mol. The number of benzene rings is 3. The molecule has 0 amide bonds. The van der Waals surface area contributed by atoms with E-state index in [9.17, 15) is 19.9 Å². The third-order valence-electron chi connectivity index (χ3n) is 5.16. The van der Waals surface area contributed by atoms with Gasteiger partial charge in [0.2, 0.25) is 0 Å². The highest BCUT2D eigenvalue weighted by molar-refractivity contribution is 7.67. The van der Waals surface area contributed by atoms with Crippen molar-refractivity contribution in [1.29, 1.82) is 0 Å². The molecule has 0 fully saturated rings. The van der Waals surface area contributed by atoms with Crippen LogP contribution in [0, 0.1) is 0 Å². The summed E-state index contributed by atoms with van der Waals surface area (Å²) >= 11 is 0. The summed E-state index contributed by atoms with van der Waals surface area (Å²) in [6.07, 6.45) is 1.10. The predicted molar refractivity (Wildman–Crippen MR) is 136 cm³/mol. The van der Waals surface area contributed by atoms with E-state index in [0.29, 0.717) is 48.7 Å². The van der Waals surface area contributed by atoms with Crippen LogP contribution in [0.4, 0.5) is 5.69 Å². The summed E-state index contributed by atoms with van der Waals surface area (Å²) in [5.41, 5.74) is 0.836. The van der Waals surface area contributed by atoms with Crippen molar-refractivity contribution in [2.75, 3.05) is 31.4 Å². The Morgan fingerprint density at radius 3 is 2.46 bits per heavy atom. The van der Waals surface area contributed by atoms with Gasteiger partial charge in [-0.1, -0.05) is 31.2 Å². The van der Waals surface area contributed by atoms with Gasteiger partial charge in [0.1, 0.15) is 17.2 Å². The summed E-state index contributed by atoms with van der Waals surface area (Å²) in [6.45, 7) is 2.79. The van der Waals surface area contributed by atoms with Crippen molar-refractivity contribution in [2.24, 2.45) is 0 Å². The number of aromatic hydroxyl groups is 2. The van der Waals surface area contributed by atoms with E-state index in [-0.39, 0.29) is 36.4 Å². The molecule has 0 radical (unpaired) electrons. The minimum atomic E-state index is -3.49. The molecule has 0 spiro atoms. The molecule has 8 nitrogen and oxygen atoms in total. The summed E-state index contributed by atoms with van der Waals surface area (Å²) in [7, 11) is -3.49. The Morgan fingerprint density at radius 2 is 1.71 bits per heavy atom. The number of aliphatic hydroxyl groups excluding tert-OH is 1. The Kier molecular flexibility index (Phi) is 9.85. The minimum absolute atomic E-state index is 0.0197. The summed E-state index contributed by atoms with van der Waals surface area (Å²) in [6, 6.07) is 18.8. The third-order valence-corrected chi connectivity index (χ3v) is 7.32. The number of hydrogen-bond donors (Lipinski definition) is 4. The molecule has 4 N–H and O–H groups in total. The van der Waals surface area contributed by atoms with Gasteiger partial charge in [-0.25, -0.2) is 0 Å². The maximum Gasteiger partial charge on any atom is 0.272 e. The van der Waals surface area contributed by atoms with Crippen molar-refractivity contribution < 1.29 is 33.9 Å².